The summed E-state index contributed by atoms with van der Waals surface area (Å²) in [6.07, 6.45) is 3.67. The van der Waals surface area contributed by atoms with Crippen molar-refractivity contribution in [1.29, 1.82) is 0 Å². The summed E-state index contributed by atoms with van der Waals surface area (Å²) in [7, 11) is 0. The van der Waals surface area contributed by atoms with E-state index in [1.54, 1.807) is 0 Å². The van der Waals surface area contributed by atoms with Gasteiger partial charge in [0, 0.05) is 29.2 Å². The van der Waals surface area contributed by atoms with Gasteiger partial charge in [0.15, 0.2) is 0 Å². The molecule has 0 aliphatic heterocycles. The number of pyridine rings is 2. The first-order valence-electron chi connectivity index (χ1n) is 10.3. The average molecular weight is 790 g/mol. The first kappa shape index (κ1) is 24.8. The fourth-order valence-electron chi connectivity index (χ4n) is 3.76. The third-order valence-electron chi connectivity index (χ3n) is 5.18. The minimum absolute atomic E-state index is 0. The number of hydrogen-bond acceptors (Lipinski definition) is 3. The first-order chi connectivity index (χ1) is 15.4. The molecular weight excluding hydrogens is 768 g/mol. The Morgan fingerprint density at radius 2 is 0.818 bits per heavy atom. The molecule has 5 heteroatoms. The van der Waals surface area contributed by atoms with Crippen molar-refractivity contribution in [3.05, 3.63) is 128 Å². The number of anilines is 3. The van der Waals surface area contributed by atoms with Crippen LogP contribution < -0.4 is 4.90 Å². The van der Waals surface area contributed by atoms with Crippen LogP contribution in [0.25, 0.3) is 22.3 Å². The van der Waals surface area contributed by atoms with Gasteiger partial charge in [-0.25, -0.2) is 9.97 Å². The number of rotatable bonds is 5. The quantitative estimate of drug-likeness (QED) is 0.188. The van der Waals surface area contributed by atoms with Crippen LogP contribution in [0.15, 0.2) is 128 Å². The third-order valence-corrected chi connectivity index (χ3v) is 5.18. The van der Waals surface area contributed by atoms with Gasteiger partial charge in [-0.15, -0.1) is 0 Å². The molecule has 0 saturated heterocycles. The zero-order valence-corrected chi connectivity index (χ0v) is 22.1. The van der Waals surface area contributed by atoms with E-state index in [1.165, 1.54) is 0 Å². The van der Waals surface area contributed by atoms with Crippen molar-refractivity contribution in [3.63, 3.8) is 0 Å². The van der Waals surface area contributed by atoms with Gasteiger partial charge in [-0.3, -0.25) is 4.90 Å². The number of benzene rings is 3. The molecule has 2 heterocycles. The van der Waals surface area contributed by atoms with Crippen LogP contribution in [-0.2, 0) is 42.1 Å². The second kappa shape index (κ2) is 11.8. The maximum absolute atomic E-state index is 4.83. The fourth-order valence-corrected chi connectivity index (χ4v) is 3.76. The number of hydrogen-bond donors (Lipinski definition) is 0. The van der Waals surface area contributed by atoms with Gasteiger partial charge in [-0.1, -0.05) is 78.9 Å². The van der Waals surface area contributed by atoms with Crippen LogP contribution in [-0.4, -0.2) is 9.97 Å². The predicted octanol–water partition coefficient (Wildman–Crippen LogP) is 7.28. The zero-order chi connectivity index (χ0) is 20.9. The molecule has 0 bridgehead atoms. The maximum Gasteiger partial charge on any atom is 2.00 e. The van der Waals surface area contributed by atoms with Gasteiger partial charge in [-0.05, 0) is 47.5 Å². The average Bonchev–Trinajstić information content (AvgIpc) is 2.87. The van der Waals surface area contributed by atoms with E-state index in [4.69, 9.17) is 9.97 Å². The largest absolute Gasteiger partial charge is 2.00 e. The van der Waals surface area contributed by atoms with Crippen LogP contribution in [0.4, 0.5) is 17.3 Å². The normalized spacial score (nSPS) is 9.94. The van der Waals surface area contributed by atoms with Gasteiger partial charge in [0.2, 0.25) is 0 Å². The molecule has 164 valence electrons. The van der Waals surface area contributed by atoms with Gasteiger partial charge in [-0.2, -0.15) is 0 Å². The van der Waals surface area contributed by atoms with Crippen molar-refractivity contribution in [2.24, 2.45) is 0 Å². The van der Waals surface area contributed by atoms with Crippen molar-refractivity contribution < 1.29 is 42.1 Å². The Hall–Kier alpha value is -2.86. The molecule has 5 aromatic rings. The summed E-state index contributed by atoms with van der Waals surface area (Å²) in [5, 5.41) is 0. The van der Waals surface area contributed by atoms with Gasteiger partial charge in [0.1, 0.15) is 11.6 Å². The Morgan fingerprint density at radius 3 is 1.24 bits per heavy atom. The minimum Gasteiger partial charge on any atom is -0.278 e. The molecule has 0 fully saturated rings. The number of nitrogens with zero attached hydrogens (tertiary/aromatic N) is 3. The molecule has 2 aromatic heterocycles. The standard InChI is InChI=1S/C28H21N3.2Pt/c1-4-12-22(13-5-1)25-18-10-20-29-27(25)31(24-16-8-3-9-17-24)28-26(19-11-21-30-28)23-14-6-2-7-15-23;;/h1-21H;;/q;2*+2. The van der Waals surface area contributed by atoms with E-state index in [1.807, 2.05) is 54.9 Å². The van der Waals surface area contributed by atoms with Gasteiger partial charge < -0.3 is 0 Å². The Morgan fingerprint density at radius 1 is 0.424 bits per heavy atom. The van der Waals surface area contributed by atoms with E-state index in [2.05, 4.69) is 77.7 Å². The molecule has 0 atom stereocenters. The molecule has 0 unspecified atom stereocenters. The summed E-state index contributed by atoms with van der Waals surface area (Å²) in [4.78, 5) is 11.8. The summed E-state index contributed by atoms with van der Waals surface area (Å²) in [5.74, 6) is 1.69. The van der Waals surface area contributed by atoms with Crippen LogP contribution in [0, 0.1) is 0 Å². The maximum atomic E-state index is 4.83. The summed E-state index contributed by atoms with van der Waals surface area (Å²) >= 11 is 0. The van der Waals surface area contributed by atoms with Gasteiger partial charge >= 0.3 is 42.1 Å². The number of aromatic nitrogens is 2. The van der Waals surface area contributed by atoms with Crippen LogP contribution >= 0.6 is 0 Å². The predicted molar refractivity (Wildman–Crippen MR) is 128 cm³/mol. The Balaban J connectivity index is 0.00000153. The number of para-hydroxylation sites is 1. The van der Waals surface area contributed by atoms with Gasteiger partial charge in [0.05, 0.1) is 0 Å². The van der Waals surface area contributed by atoms with Crippen LogP contribution in [0.3, 0.4) is 0 Å². The molecule has 3 nitrogen and oxygen atoms in total. The zero-order valence-electron chi connectivity index (χ0n) is 17.6. The van der Waals surface area contributed by atoms with Crippen LogP contribution in [0.5, 0.6) is 0 Å². The molecule has 5 rings (SSSR count). The molecular formula is C28H21N3Pt2+4. The van der Waals surface area contributed by atoms with Crippen molar-refractivity contribution in [2.75, 3.05) is 4.90 Å². The van der Waals surface area contributed by atoms with E-state index in [0.717, 1.165) is 39.6 Å². The summed E-state index contributed by atoms with van der Waals surface area (Å²) in [6, 6.07) is 39.2. The Bertz CT molecular complexity index is 1200. The third kappa shape index (κ3) is 5.38. The molecule has 0 N–H and O–H groups in total. The minimum atomic E-state index is 0. The molecule has 0 radical (unpaired) electrons. The van der Waals surface area contributed by atoms with Crippen LogP contribution in [0.1, 0.15) is 0 Å². The second-order valence-corrected chi connectivity index (χ2v) is 7.15. The molecule has 33 heavy (non-hydrogen) atoms. The molecule has 0 aliphatic rings. The first-order valence-corrected chi connectivity index (χ1v) is 10.3. The Kier molecular flexibility index (Phi) is 8.89. The van der Waals surface area contributed by atoms with E-state index in [9.17, 15) is 0 Å². The van der Waals surface area contributed by atoms with Gasteiger partial charge in [0.25, 0.3) is 0 Å². The Labute approximate surface area is 223 Å². The summed E-state index contributed by atoms with van der Waals surface area (Å²) in [6.45, 7) is 0. The smallest absolute Gasteiger partial charge is 0.278 e. The fraction of sp³-hybridized carbons (Fsp3) is 0. The summed E-state index contributed by atoms with van der Waals surface area (Å²) < 4.78 is 0. The topological polar surface area (TPSA) is 29.0 Å². The molecule has 3 aromatic carbocycles. The summed E-state index contributed by atoms with van der Waals surface area (Å²) in [5.41, 5.74) is 5.34. The van der Waals surface area contributed by atoms with Crippen LogP contribution in [0.2, 0.25) is 0 Å². The van der Waals surface area contributed by atoms with Crippen molar-refractivity contribution in [3.8, 4) is 22.3 Å². The monoisotopic (exact) mass is 789 g/mol. The van der Waals surface area contributed by atoms with E-state index in [-0.39, 0.29) is 42.1 Å². The van der Waals surface area contributed by atoms with E-state index < -0.39 is 0 Å². The molecule has 0 amide bonds. The van der Waals surface area contributed by atoms with E-state index in [0.29, 0.717) is 0 Å². The second-order valence-electron chi connectivity index (χ2n) is 7.15. The van der Waals surface area contributed by atoms with Crippen molar-refractivity contribution >= 4 is 17.3 Å². The van der Waals surface area contributed by atoms with Crippen molar-refractivity contribution in [2.45, 2.75) is 0 Å². The SMILES string of the molecule is [Pt+2].[Pt+2].c1ccc(-c2cccnc2N(c2ccccc2)c2ncccc2-c2ccccc2)cc1. The van der Waals surface area contributed by atoms with Crippen molar-refractivity contribution in [1.82, 2.24) is 9.97 Å². The molecule has 0 spiro atoms. The molecule has 0 saturated carbocycles. The van der Waals surface area contributed by atoms with E-state index >= 15 is 0 Å². The molecule has 0 aliphatic carbocycles.